The summed E-state index contributed by atoms with van der Waals surface area (Å²) in [4.78, 5) is 71.7. The second kappa shape index (κ2) is 36.3. The van der Waals surface area contributed by atoms with Crippen LogP contribution in [0.3, 0.4) is 0 Å². The molecule has 0 aromatic carbocycles. The summed E-state index contributed by atoms with van der Waals surface area (Å²) in [5.41, 5.74) is 0. The molecule has 1 aliphatic heterocycles. The number of esters is 2. The minimum atomic E-state index is -4.63. The second-order valence-electron chi connectivity index (χ2n) is 15.6. The molecule has 1 unspecified atom stereocenters. The van der Waals surface area contributed by atoms with Crippen LogP contribution in [0.5, 0.6) is 0 Å². The highest BCUT2D eigenvalue weighted by atomic mass is 31.2. The maximum absolute atomic E-state index is 12.7. The summed E-state index contributed by atoms with van der Waals surface area (Å²) in [6.07, 6.45) is 32.3. The molecule has 0 saturated heterocycles. The molecule has 336 valence electrons. The van der Waals surface area contributed by atoms with Crippen LogP contribution in [0.2, 0.25) is 0 Å². The van der Waals surface area contributed by atoms with Crippen LogP contribution in [-0.2, 0) is 47.1 Å². The fourth-order valence-electron chi connectivity index (χ4n) is 6.71. The third-order valence-corrected chi connectivity index (χ3v) is 11.2. The van der Waals surface area contributed by atoms with Gasteiger partial charge in [-0.1, -0.05) is 168 Å². The van der Waals surface area contributed by atoms with Crippen molar-refractivity contribution in [1.82, 2.24) is 10.2 Å². The lowest BCUT2D eigenvalue weighted by atomic mass is 10.0. The van der Waals surface area contributed by atoms with Crippen molar-refractivity contribution < 1.29 is 52.0 Å². The smallest absolute Gasteiger partial charge is 0.462 e. The number of hydrogen-bond donors (Lipinski definition) is 2. The predicted molar refractivity (Wildman–Crippen MR) is 227 cm³/mol. The van der Waals surface area contributed by atoms with Crippen molar-refractivity contribution >= 4 is 37.5 Å². The first kappa shape index (κ1) is 53.4. The van der Waals surface area contributed by atoms with Crippen molar-refractivity contribution in [3.63, 3.8) is 0 Å². The number of unbranched alkanes of at least 4 members (excludes halogenated alkanes) is 24. The number of imide groups is 1. The second-order valence-corrected chi connectivity index (χ2v) is 17.1. The number of amides is 3. The largest absolute Gasteiger partial charge is 0.472 e. The zero-order valence-corrected chi connectivity index (χ0v) is 37.1. The van der Waals surface area contributed by atoms with Gasteiger partial charge in [0.15, 0.2) is 6.10 Å². The summed E-state index contributed by atoms with van der Waals surface area (Å²) < 4.78 is 33.5. The van der Waals surface area contributed by atoms with Gasteiger partial charge in [0.2, 0.25) is 5.91 Å². The molecule has 0 saturated carbocycles. The molecule has 1 heterocycles. The molecule has 58 heavy (non-hydrogen) atoms. The minimum Gasteiger partial charge on any atom is -0.462 e. The Morgan fingerprint density at radius 1 is 0.603 bits per heavy atom. The summed E-state index contributed by atoms with van der Waals surface area (Å²) in [5.74, 6) is -2.41. The van der Waals surface area contributed by atoms with E-state index in [0.717, 1.165) is 55.6 Å². The summed E-state index contributed by atoms with van der Waals surface area (Å²) in [6.45, 7) is 3.00. The number of nitrogens with zero attached hydrogens (tertiary/aromatic N) is 1. The molecule has 14 heteroatoms. The third-order valence-electron chi connectivity index (χ3n) is 10.3. The summed E-state index contributed by atoms with van der Waals surface area (Å²) in [5, 5.41) is 2.48. The fourth-order valence-corrected chi connectivity index (χ4v) is 7.46. The molecule has 0 aliphatic carbocycles. The molecular weight excluding hydrogens is 763 g/mol. The number of carbonyl (C=O) groups excluding carboxylic acids is 5. The van der Waals surface area contributed by atoms with Gasteiger partial charge in [0.1, 0.15) is 6.61 Å². The zero-order chi connectivity index (χ0) is 42.5. The molecule has 13 nitrogen and oxygen atoms in total. The third kappa shape index (κ3) is 31.3. The molecule has 2 N–H and O–H groups in total. The van der Waals surface area contributed by atoms with E-state index in [9.17, 15) is 33.4 Å². The van der Waals surface area contributed by atoms with Crippen molar-refractivity contribution in [2.24, 2.45) is 0 Å². The minimum absolute atomic E-state index is 0.0948. The first-order valence-electron chi connectivity index (χ1n) is 22.8. The quantitative estimate of drug-likeness (QED) is 0.0259. The Labute approximate surface area is 350 Å². The van der Waals surface area contributed by atoms with Gasteiger partial charge in [0.25, 0.3) is 11.8 Å². The van der Waals surface area contributed by atoms with Gasteiger partial charge in [0, 0.05) is 44.5 Å². The van der Waals surface area contributed by atoms with Gasteiger partial charge in [-0.2, -0.15) is 0 Å². The molecule has 0 spiro atoms. The van der Waals surface area contributed by atoms with Gasteiger partial charge in [-0.15, -0.1) is 0 Å². The standard InChI is InChI=1S/C44H79N2O11P/c1-3-5-7-9-11-13-15-17-19-21-23-25-27-29-43(50)54-37-39(57-44(51)30-28-26-24-22-20-18-16-14-12-10-8-6-4-2)38-56-58(52,53)55-36-34-45-40(47)33-35-46-41(48)31-32-42(46)49/h31-32,39H,3-30,33-38H2,1-2H3,(H,45,47)(H,52,53)/t39-/m1/s1. The summed E-state index contributed by atoms with van der Waals surface area (Å²) in [7, 11) is -4.63. The molecule has 1 rings (SSSR count). The number of nitrogens with one attached hydrogen (secondary N) is 1. The summed E-state index contributed by atoms with van der Waals surface area (Å²) >= 11 is 0. The van der Waals surface area contributed by atoms with Crippen LogP contribution in [0.1, 0.15) is 200 Å². The van der Waals surface area contributed by atoms with E-state index < -0.39 is 50.2 Å². The highest BCUT2D eigenvalue weighted by molar-refractivity contribution is 7.47. The van der Waals surface area contributed by atoms with Gasteiger partial charge in [0.05, 0.1) is 13.2 Å². The number of ether oxygens (including phenoxy) is 2. The monoisotopic (exact) mass is 843 g/mol. The van der Waals surface area contributed by atoms with E-state index in [2.05, 4.69) is 19.2 Å². The predicted octanol–water partition coefficient (Wildman–Crippen LogP) is 9.97. The van der Waals surface area contributed by atoms with E-state index in [0.29, 0.717) is 12.8 Å². The highest BCUT2D eigenvalue weighted by Gasteiger charge is 2.27. The Kier molecular flexibility index (Phi) is 33.4. The van der Waals surface area contributed by atoms with Crippen LogP contribution in [0, 0.1) is 0 Å². The molecule has 0 radical (unpaired) electrons. The number of phosphoric acid groups is 1. The molecule has 3 amide bonds. The first-order valence-corrected chi connectivity index (χ1v) is 24.3. The Balaban J connectivity index is 2.39. The highest BCUT2D eigenvalue weighted by Crippen LogP contribution is 2.43. The van der Waals surface area contributed by atoms with E-state index in [1.165, 1.54) is 116 Å². The molecular formula is C44H79N2O11P. The molecule has 0 aromatic heterocycles. The van der Waals surface area contributed by atoms with Gasteiger partial charge in [-0.3, -0.25) is 37.9 Å². The van der Waals surface area contributed by atoms with Crippen molar-refractivity contribution in [3.8, 4) is 0 Å². The number of phosphoric ester groups is 1. The van der Waals surface area contributed by atoms with E-state index in [-0.39, 0.29) is 45.6 Å². The van der Waals surface area contributed by atoms with Crippen LogP contribution < -0.4 is 5.32 Å². The molecule has 1 aliphatic rings. The van der Waals surface area contributed by atoms with Crippen molar-refractivity contribution in [2.45, 2.75) is 206 Å². The van der Waals surface area contributed by atoms with Gasteiger partial charge in [-0.25, -0.2) is 4.57 Å². The lowest BCUT2D eigenvalue weighted by Crippen LogP contribution is -2.35. The van der Waals surface area contributed by atoms with Gasteiger partial charge < -0.3 is 19.7 Å². The fraction of sp³-hybridized carbons (Fsp3) is 0.841. The average Bonchev–Trinajstić information content (AvgIpc) is 3.52. The maximum Gasteiger partial charge on any atom is 0.472 e. The Bertz CT molecular complexity index is 1180. The van der Waals surface area contributed by atoms with Crippen LogP contribution in [-0.4, -0.2) is 78.5 Å². The normalized spacial score (nSPS) is 14.2. The van der Waals surface area contributed by atoms with Crippen LogP contribution in [0.25, 0.3) is 0 Å². The Hall–Kier alpha value is -2.60. The Morgan fingerprint density at radius 3 is 1.47 bits per heavy atom. The lowest BCUT2D eigenvalue weighted by Gasteiger charge is -2.20. The van der Waals surface area contributed by atoms with Crippen molar-refractivity contribution in [3.05, 3.63) is 12.2 Å². The van der Waals surface area contributed by atoms with Crippen molar-refractivity contribution in [1.29, 1.82) is 0 Å². The number of carbonyl (C=O) groups is 5. The SMILES string of the molecule is CCCCCCCCCCCCCCCC(=O)OC[C@H](COP(=O)(O)OCCNC(=O)CCN1C(=O)C=CC1=O)OC(=O)CCCCCCCCCCCCCCC. The zero-order valence-electron chi connectivity index (χ0n) is 36.2. The lowest BCUT2D eigenvalue weighted by molar-refractivity contribution is -0.161. The van der Waals surface area contributed by atoms with E-state index in [1.807, 2.05) is 0 Å². The number of rotatable bonds is 41. The van der Waals surface area contributed by atoms with Crippen molar-refractivity contribution in [2.75, 3.05) is 32.9 Å². The topological polar surface area (TPSA) is 175 Å². The molecule has 0 fully saturated rings. The van der Waals surface area contributed by atoms with E-state index in [4.69, 9.17) is 18.5 Å². The Morgan fingerprint density at radius 2 is 1.02 bits per heavy atom. The van der Waals surface area contributed by atoms with Crippen LogP contribution in [0.15, 0.2) is 12.2 Å². The molecule has 0 bridgehead atoms. The van der Waals surface area contributed by atoms with Crippen LogP contribution in [0.4, 0.5) is 0 Å². The molecule has 2 atom stereocenters. The van der Waals surface area contributed by atoms with E-state index >= 15 is 0 Å². The van der Waals surface area contributed by atoms with Gasteiger partial charge >= 0.3 is 19.8 Å². The number of hydrogen-bond acceptors (Lipinski definition) is 10. The average molecular weight is 843 g/mol. The maximum atomic E-state index is 12.7. The van der Waals surface area contributed by atoms with Gasteiger partial charge in [-0.05, 0) is 12.8 Å². The molecule has 0 aromatic rings. The van der Waals surface area contributed by atoms with E-state index in [1.54, 1.807) is 0 Å². The summed E-state index contributed by atoms with van der Waals surface area (Å²) in [6, 6.07) is 0. The van der Waals surface area contributed by atoms with Crippen LogP contribution >= 0.6 is 7.82 Å². The first-order chi connectivity index (χ1) is 28.1.